The minimum Gasteiger partial charge on any atom is -0.435 e. The van der Waals surface area contributed by atoms with Gasteiger partial charge in [-0.1, -0.05) is 13.8 Å². The number of carbonyl (C=O) groups is 1. The Hall–Kier alpha value is -0.650. The van der Waals surface area contributed by atoms with E-state index in [2.05, 4.69) is 0 Å². The van der Waals surface area contributed by atoms with E-state index in [1.54, 1.807) is 13.8 Å². The van der Waals surface area contributed by atoms with Crippen LogP contribution in [0.1, 0.15) is 27.7 Å². The predicted molar refractivity (Wildman–Crippen MR) is 53.8 cm³/mol. The number of esters is 1. The van der Waals surface area contributed by atoms with E-state index in [0.29, 0.717) is 0 Å². The van der Waals surface area contributed by atoms with Crippen molar-refractivity contribution in [3.05, 3.63) is 0 Å². The molecular weight excluding hydrogens is 200 g/mol. The second-order valence-corrected chi connectivity index (χ2v) is 4.95. The van der Waals surface area contributed by atoms with Gasteiger partial charge in [-0.2, -0.15) is 0 Å². The fraction of sp³-hybridized carbons (Fsp3) is 0.900. The van der Waals surface area contributed by atoms with Crippen LogP contribution in [0.2, 0.25) is 0 Å². The van der Waals surface area contributed by atoms with E-state index >= 15 is 0 Å². The molecule has 5 heteroatoms. The zero-order valence-corrected chi connectivity index (χ0v) is 9.65. The van der Waals surface area contributed by atoms with E-state index in [9.17, 15) is 9.90 Å². The van der Waals surface area contributed by atoms with Gasteiger partial charge in [0, 0.05) is 0 Å². The summed E-state index contributed by atoms with van der Waals surface area (Å²) in [5.41, 5.74) is -1.96. The van der Waals surface area contributed by atoms with Crippen molar-refractivity contribution in [2.45, 2.75) is 34.0 Å². The predicted octanol–water partition coefficient (Wildman–Crippen LogP) is -0.115. The van der Waals surface area contributed by atoms with Crippen LogP contribution in [0.25, 0.3) is 0 Å². The van der Waals surface area contributed by atoms with Crippen molar-refractivity contribution in [2.75, 3.05) is 13.2 Å². The Morgan fingerprint density at radius 2 is 1.67 bits per heavy atom. The summed E-state index contributed by atoms with van der Waals surface area (Å²) in [4.78, 5) is 11.4. The maximum Gasteiger partial charge on any atom is 0.316 e. The van der Waals surface area contributed by atoms with E-state index in [0.717, 1.165) is 0 Å². The molecule has 0 spiro atoms. The summed E-state index contributed by atoms with van der Waals surface area (Å²) in [7, 11) is 0. The van der Waals surface area contributed by atoms with E-state index in [1.165, 1.54) is 13.8 Å². The summed E-state index contributed by atoms with van der Waals surface area (Å²) in [6.45, 7) is 5.48. The highest BCUT2D eigenvalue weighted by atomic mass is 16.6. The zero-order chi connectivity index (χ0) is 12.3. The maximum absolute atomic E-state index is 11.4. The molecule has 3 N–H and O–H groups in total. The molecule has 0 aromatic carbocycles. The third-order valence-corrected chi connectivity index (χ3v) is 2.24. The number of hydrogen-bond acceptors (Lipinski definition) is 5. The maximum atomic E-state index is 11.4. The number of carbonyl (C=O) groups excluding carboxylic acids is 1. The average Bonchev–Trinajstić information content (AvgIpc) is 2.17. The second kappa shape index (κ2) is 4.92. The van der Waals surface area contributed by atoms with Crippen molar-refractivity contribution in [3.8, 4) is 0 Å². The van der Waals surface area contributed by atoms with Gasteiger partial charge in [0.15, 0.2) is 0 Å². The quantitative estimate of drug-likeness (QED) is 0.444. The molecule has 0 aromatic rings. The SMILES string of the molecule is CC(C)(CO)C(=O)OC(O)C(C)(C)CO. The van der Waals surface area contributed by atoms with Gasteiger partial charge in [-0.05, 0) is 13.8 Å². The smallest absolute Gasteiger partial charge is 0.316 e. The molecule has 90 valence electrons. The minimum atomic E-state index is -1.39. The highest BCUT2D eigenvalue weighted by Gasteiger charge is 2.35. The molecule has 0 heterocycles. The van der Waals surface area contributed by atoms with Crippen molar-refractivity contribution in [1.82, 2.24) is 0 Å². The monoisotopic (exact) mass is 220 g/mol. The van der Waals surface area contributed by atoms with Gasteiger partial charge in [-0.25, -0.2) is 0 Å². The molecule has 15 heavy (non-hydrogen) atoms. The standard InChI is InChI=1S/C10H20O5/c1-9(2,5-11)7(13)15-8(14)10(3,4)6-12/h7,11-13H,5-6H2,1-4H3. The van der Waals surface area contributed by atoms with E-state index < -0.39 is 23.1 Å². The van der Waals surface area contributed by atoms with E-state index in [1.807, 2.05) is 0 Å². The number of ether oxygens (including phenoxy) is 1. The zero-order valence-electron chi connectivity index (χ0n) is 9.65. The summed E-state index contributed by atoms with van der Waals surface area (Å²) in [6, 6.07) is 0. The van der Waals surface area contributed by atoms with Crippen LogP contribution in [0.5, 0.6) is 0 Å². The number of aliphatic hydroxyl groups is 3. The lowest BCUT2D eigenvalue weighted by atomic mass is 9.92. The number of aliphatic hydroxyl groups excluding tert-OH is 3. The first kappa shape index (κ1) is 14.3. The molecule has 1 unspecified atom stereocenters. The summed E-state index contributed by atoms with van der Waals surface area (Å²) in [6.07, 6.45) is -1.39. The summed E-state index contributed by atoms with van der Waals surface area (Å²) >= 11 is 0. The molecule has 0 bridgehead atoms. The summed E-state index contributed by atoms with van der Waals surface area (Å²) in [5, 5.41) is 27.4. The topological polar surface area (TPSA) is 87.0 Å². The molecule has 0 aliphatic rings. The Bertz CT molecular complexity index is 222. The molecule has 0 saturated carbocycles. The number of rotatable bonds is 5. The first-order valence-electron chi connectivity index (χ1n) is 4.78. The highest BCUT2D eigenvalue weighted by molar-refractivity contribution is 5.76. The van der Waals surface area contributed by atoms with Gasteiger partial charge in [0.2, 0.25) is 6.29 Å². The highest BCUT2D eigenvalue weighted by Crippen LogP contribution is 2.24. The number of hydrogen-bond donors (Lipinski definition) is 3. The third kappa shape index (κ3) is 3.77. The van der Waals surface area contributed by atoms with Crippen LogP contribution in [-0.4, -0.2) is 40.8 Å². The Morgan fingerprint density at radius 3 is 2.00 bits per heavy atom. The molecule has 1 atom stereocenters. The Labute approximate surface area is 89.7 Å². The van der Waals surface area contributed by atoms with Crippen LogP contribution < -0.4 is 0 Å². The summed E-state index contributed by atoms with van der Waals surface area (Å²) in [5.74, 6) is -0.695. The molecule has 0 saturated heterocycles. The lowest BCUT2D eigenvalue weighted by molar-refractivity contribution is -0.203. The van der Waals surface area contributed by atoms with Crippen molar-refractivity contribution >= 4 is 5.97 Å². The molecule has 0 amide bonds. The van der Waals surface area contributed by atoms with Crippen LogP contribution in [0.4, 0.5) is 0 Å². The van der Waals surface area contributed by atoms with Crippen LogP contribution >= 0.6 is 0 Å². The van der Waals surface area contributed by atoms with Crippen molar-refractivity contribution < 1.29 is 24.9 Å². The van der Waals surface area contributed by atoms with Crippen molar-refractivity contribution in [1.29, 1.82) is 0 Å². The van der Waals surface area contributed by atoms with E-state index in [-0.39, 0.29) is 13.2 Å². The van der Waals surface area contributed by atoms with Gasteiger partial charge in [0.25, 0.3) is 0 Å². The summed E-state index contributed by atoms with van der Waals surface area (Å²) < 4.78 is 4.76. The fourth-order valence-corrected chi connectivity index (χ4v) is 0.563. The van der Waals surface area contributed by atoms with Gasteiger partial charge >= 0.3 is 5.97 Å². The van der Waals surface area contributed by atoms with Crippen LogP contribution in [0.15, 0.2) is 0 Å². The molecule has 0 fully saturated rings. The molecule has 0 rings (SSSR count). The first-order chi connectivity index (χ1) is 6.67. The molecular formula is C10H20O5. The van der Waals surface area contributed by atoms with Crippen molar-refractivity contribution in [3.63, 3.8) is 0 Å². The first-order valence-corrected chi connectivity index (χ1v) is 4.78. The van der Waals surface area contributed by atoms with Gasteiger partial charge in [0.1, 0.15) is 0 Å². The van der Waals surface area contributed by atoms with Crippen LogP contribution in [-0.2, 0) is 9.53 Å². The average molecular weight is 220 g/mol. The van der Waals surface area contributed by atoms with Gasteiger partial charge < -0.3 is 20.1 Å². The lowest BCUT2D eigenvalue weighted by Gasteiger charge is -2.30. The molecule has 0 aromatic heterocycles. The Kier molecular flexibility index (Phi) is 4.70. The van der Waals surface area contributed by atoms with E-state index in [4.69, 9.17) is 14.9 Å². The van der Waals surface area contributed by atoms with Gasteiger partial charge in [-0.3, -0.25) is 4.79 Å². The normalized spacial score (nSPS) is 14.9. The van der Waals surface area contributed by atoms with Crippen LogP contribution in [0, 0.1) is 10.8 Å². The molecule has 0 aliphatic carbocycles. The minimum absolute atomic E-state index is 0.305. The molecule has 0 aliphatic heterocycles. The van der Waals surface area contributed by atoms with Crippen molar-refractivity contribution in [2.24, 2.45) is 10.8 Å². The fourth-order valence-electron chi connectivity index (χ4n) is 0.563. The van der Waals surface area contributed by atoms with Gasteiger partial charge in [-0.15, -0.1) is 0 Å². The van der Waals surface area contributed by atoms with Gasteiger partial charge in [0.05, 0.1) is 24.0 Å². The molecule has 5 nitrogen and oxygen atoms in total. The Morgan fingerprint density at radius 1 is 1.20 bits per heavy atom. The Balaban J connectivity index is 4.43. The largest absolute Gasteiger partial charge is 0.435 e. The second-order valence-electron chi connectivity index (χ2n) is 4.95. The third-order valence-electron chi connectivity index (χ3n) is 2.24. The molecule has 0 radical (unpaired) electrons. The lowest BCUT2D eigenvalue weighted by Crippen LogP contribution is -2.41. The van der Waals surface area contributed by atoms with Crippen LogP contribution in [0.3, 0.4) is 0 Å².